The smallest absolute Gasteiger partial charge is 0.396 e. The minimum absolute atomic E-state index is 0.246. The van der Waals surface area contributed by atoms with Gasteiger partial charge in [-0.3, -0.25) is 0 Å². The molecule has 0 aliphatic carbocycles. The number of aryl methyl sites for hydroxylation is 1. The van der Waals surface area contributed by atoms with Gasteiger partial charge in [0.05, 0.1) is 10.4 Å². The van der Waals surface area contributed by atoms with Crippen LogP contribution in [-0.2, 0) is 0 Å². The third-order valence-electron chi connectivity index (χ3n) is 1.95. The summed E-state index contributed by atoms with van der Waals surface area (Å²) >= 11 is 1.14. The maximum Gasteiger partial charge on any atom is 0.396 e. The lowest BCUT2D eigenvalue weighted by molar-refractivity contribution is 0.586. The number of benzene rings is 1. The molecule has 0 aliphatic rings. The van der Waals surface area contributed by atoms with Crippen molar-refractivity contribution in [1.29, 1.82) is 0 Å². The van der Waals surface area contributed by atoms with Crippen LogP contribution in [0.25, 0.3) is 10.3 Å². The Morgan fingerprint density at radius 1 is 1.50 bits per heavy atom. The van der Waals surface area contributed by atoms with Gasteiger partial charge in [0.25, 0.3) is 0 Å². The molecule has 1 aromatic heterocycles. The Labute approximate surface area is 85.4 Å². The quantitative estimate of drug-likeness (QED) is 0.826. The standard InChI is InChI=1S/C10H11NO2S/c1-3-11-7-4-6(2)5-8-9(7)13-10(12)14-8/h4-5,11H,3H2,1-2H3. The van der Waals surface area contributed by atoms with E-state index in [1.807, 2.05) is 26.0 Å². The summed E-state index contributed by atoms with van der Waals surface area (Å²) in [5.41, 5.74) is 2.71. The summed E-state index contributed by atoms with van der Waals surface area (Å²) in [7, 11) is 0. The Morgan fingerprint density at radius 3 is 3.00 bits per heavy atom. The van der Waals surface area contributed by atoms with Gasteiger partial charge in [-0.2, -0.15) is 0 Å². The number of rotatable bonds is 2. The molecule has 3 nitrogen and oxygen atoms in total. The molecule has 0 saturated carbocycles. The Morgan fingerprint density at radius 2 is 2.29 bits per heavy atom. The number of anilines is 1. The van der Waals surface area contributed by atoms with Gasteiger partial charge in [-0.05, 0) is 31.5 Å². The maximum atomic E-state index is 11.1. The number of hydrogen-bond acceptors (Lipinski definition) is 4. The highest BCUT2D eigenvalue weighted by Gasteiger charge is 2.07. The van der Waals surface area contributed by atoms with E-state index in [9.17, 15) is 4.79 Å². The van der Waals surface area contributed by atoms with Crippen molar-refractivity contribution < 1.29 is 4.42 Å². The molecule has 0 unspecified atom stereocenters. The molecule has 1 N–H and O–H groups in total. The molecule has 2 rings (SSSR count). The topological polar surface area (TPSA) is 42.2 Å². The maximum absolute atomic E-state index is 11.1. The lowest BCUT2D eigenvalue weighted by Gasteiger charge is -2.03. The molecule has 0 fully saturated rings. The van der Waals surface area contributed by atoms with Crippen molar-refractivity contribution >= 4 is 27.3 Å². The molecule has 1 aromatic carbocycles. The monoisotopic (exact) mass is 209 g/mol. The molecule has 4 heteroatoms. The molecule has 74 valence electrons. The molecule has 0 amide bonds. The Hall–Kier alpha value is -1.29. The molecular weight excluding hydrogens is 198 g/mol. The summed E-state index contributed by atoms with van der Waals surface area (Å²) in [6.07, 6.45) is 0. The first kappa shape index (κ1) is 9.27. The molecule has 0 spiro atoms. The van der Waals surface area contributed by atoms with E-state index >= 15 is 0 Å². The van der Waals surface area contributed by atoms with Crippen LogP contribution >= 0.6 is 11.3 Å². The van der Waals surface area contributed by atoms with E-state index in [0.29, 0.717) is 5.58 Å². The van der Waals surface area contributed by atoms with E-state index in [1.165, 1.54) is 0 Å². The highest BCUT2D eigenvalue weighted by Crippen LogP contribution is 2.26. The zero-order valence-electron chi connectivity index (χ0n) is 8.09. The van der Waals surface area contributed by atoms with Crippen LogP contribution in [0.2, 0.25) is 0 Å². The van der Waals surface area contributed by atoms with E-state index in [-0.39, 0.29) is 4.94 Å². The first-order chi connectivity index (χ1) is 6.70. The predicted molar refractivity (Wildman–Crippen MR) is 59.3 cm³/mol. The second-order valence-corrected chi connectivity index (χ2v) is 4.10. The average Bonchev–Trinajstić information content (AvgIpc) is 2.45. The van der Waals surface area contributed by atoms with Gasteiger partial charge >= 0.3 is 4.94 Å². The summed E-state index contributed by atoms with van der Waals surface area (Å²) in [6, 6.07) is 3.95. The highest BCUT2D eigenvalue weighted by atomic mass is 32.1. The van der Waals surface area contributed by atoms with Crippen LogP contribution in [0.5, 0.6) is 0 Å². The van der Waals surface area contributed by atoms with Crippen LogP contribution in [0.1, 0.15) is 12.5 Å². The van der Waals surface area contributed by atoms with Crippen molar-refractivity contribution in [3.05, 3.63) is 27.4 Å². The molecule has 0 aliphatic heterocycles. The Bertz CT molecular complexity index is 512. The molecule has 0 bridgehead atoms. The fraction of sp³-hybridized carbons (Fsp3) is 0.300. The number of hydrogen-bond donors (Lipinski definition) is 1. The number of fused-ring (bicyclic) bond motifs is 1. The molecule has 0 atom stereocenters. The fourth-order valence-electron chi connectivity index (χ4n) is 1.44. The predicted octanol–water partition coefficient (Wildman–Crippen LogP) is 2.59. The summed E-state index contributed by atoms with van der Waals surface area (Å²) in [5, 5.41) is 3.18. The van der Waals surface area contributed by atoms with Crippen molar-refractivity contribution in [3.8, 4) is 0 Å². The zero-order chi connectivity index (χ0) is 10.1. The third kappa shape index (κ3) is 1.53. The van der Waals surface area contributed by atoms with Crippen molar-refractivity contribution in [2.75, 3.05) is 11.9 Å². The second kappa shape index (κ2) is 3.46. The SMILES string of the molecule is CCNc1cc(C)cc2sc(=O)oc12. The zero-order valence-corrected chi connectivity index (χ0v) is 8.90. The van der Waals surface area contributed by atoms with Gasteiger partial charge in [0.1, 0.15) is 0 Å². The van der Waals surface area contributed by atoms with E-state index in [4.69, 9.17) is 4.42 Å². The molecule has 0 saturated heterocycles. The van der Waals surface area contributed by atoms with Crippen molar-refractivity contribution in [2.45, 2.75) is 13.8 Å². The second-order valence-electron chi connectivity index (χ2n) is 3.12. The first-order valence-corrected chi connectivity index (χ1v) is 5.30. The van der Waals surface area contributed by atoms with Crippen LogP contribution in [0.15, 0.2) is 21.3 Å². The minimum atomic E-state index is -0.246. The van der Waals surface area contributed by atoms with Gasteiger partial charge in [0.15, 0.2) is 5.58 Å². The molecule has 0 radical (unpaired) electrons. The van der Waals surface area contributed by atoms with Gasteiger partial charge in [-0.1, -0.05) is 11.3 Å². The van der Waals surface area contributed by atoms with E-state index in [2.05, 4.69) is 5.32 Å². The van der Waals surface area contributed by atoms with Crippen LogP contribution in [0.3, 0.4) is 0 Å². The Balaban J connectivity index is 2.72. The highest BCUT2D eigenvalue weighted by molar-refractivity contribution is 7.16. The number of nitrogens with one attached hydrogen (secondary N) is 1. The van der Waals surface area contributed by atoms with Gasteiger partial charge in [0.2, 0.25) is 0 Å². The molecule has 14 heavy (non-hydrogen) atoms. The van der Waals surface area contributed by atoms with E-state index < -0.39 is 0 Å². The van der Waals surface area contributed by atoms with E-state index in [0.717, 1.165) is 33.8 Å². The summed E-state index contributed by atoms with van der Waals surface area (Å²) in [5.74, 6) is 0. The molecule has 1 heterocycles. The van der Waals surface area contributed by atoms with Crippen LogP contribution in [-0.4, -0.2) is 6.54 Å². The normalized spacial score (nSPS) is 10.7. The van der Waals surface area contributed by atoms with Gasteiger partial charge in [-0.15, -0.1) is 0 Å². The van der Waals surface area contributed by atoms with Gasteiger partial charge in [-0.25, -0.2) is 4.79 Å². The van der Waals surface area contributed by atoms with Crippen molar-refractivity contribution in [3.63, 3.8) is 0 Å². The van der Waals surface area contributed by atoms with Crippen LogP contribution in [0, 0.1) is 6.92 Å². The largest absolute Gasteiger partial charge is 0.412 e. The lowest BCUT2D eigenvalue weighted by atomic mass is 10.2. The van der Waals surface area contributed by atoms with Gasteiger partial charge in [0, 0.05) is 6.54 Å². The first-order valence-electron chi connectivity index (χ1n) is 4.49. The van der Waals surface area contributed by atoms with Gasteiger partial charge < -0.3 is 9.73 Å². The average molecular weight is 209 g/mol. The third-order valence-corrected chi connectivity index (χ3v) is 2.72. The lowest BCUT2D eigenvalue weighted by Crippen LogP contribution is -1.97. The summed E-state index contributed by atoms with van der Waals surface area (Å²) < 4.78 is 6.02. The summed E-state index contributed by atoms with van der Waals surface area (Å²) in [4.78, 5) is 10.8. The minimum Gasteiger partial charge on any atom is -0.412 e. The summed E-state index contributed by atoms with van der Waals surface area (Å²) in [6.45, 7) is 4.83. The fourth-order valence-corrected chi connectivity index (χ4v) is 2.23. The van der Waals surface area contributed by atoms with E-state index in [1.54, 1.807) is 0 Å². The molecule has 2 aromatic rings. The Kier molecular flexibility index (Phi) is 2.29. The van der Waals surface area contributed by atoms with Crippen molar-refractivity contribution in [1.82, 2.24) is 0 Å². The molecular formula is C10H11NO2S. The van der Waals surface area contributed by atoms with Crippen molar-refractivity contribution in [2.24, 2.45) is 0 Å². The van der Waals surface area contributed by atoms with Crippen LogP contribution in [0.4, 0.5) is 5.69 Å². The van der Waals surface area contributed by atoms with Crippen LogP contribution < -0.4 is 10.3 Å².